The first-order chi connectivity index (χ1) is 15.5. The van der Waals surface area contributed by atoms with E-state index in [9.17, 15) is 13.0 Å². The van der Waals surface area contributed by atoms with E-state index in [4.69, 9.17) is 9.47 Å². The Morgan fingerprint density at radius 3 is 2.64 bits per heavy atom. The van der Waals surface area contributed by atoms with Crippen molar-refractivity contribution in [3.05, 3.63) is 66.0 Å². The number of aromatic nitrogens is 3. The molecule has 1 N–H and O–H groups in total. The van der Waals surface area contributed by atoms with Crippen LogP contribution in [0.1, 0.15) is 12.7 Å². The molecule has 7 nitrogen and oxygen atoms in total. The van der Waals surface area contributed by atoms with Gasteiger partial charge in [0.15, 0.2) is 11.5 Å². The third-order valence-corrected chi connectivity index (χ3v) is 6.07. The number of benzene rings is 2. The van der Waals surface area contributed by atoms with Gasteiger partial charge in [0.25, 0.3) is 0 Å². The van der Waals surface area contributed by atoms with Crippen LogP contribution in [0.25, 0.3) is 11.0 Å². The maximum absolute atomic E-state index is 13.4. The third kappa shape index (κ3) is 5.52. The number of fused-ring (bicyclic) bond motifs is 1. The van der Waals surface area contributed by atoms with Crippen molar-refractivity contribution < 1.29 is 58.2 Å². The molecule has 1 unspecified atom stereocenters. The number of hydrogen-bond acceptors (Lipinski definition) is 6. The number of ether oxygens (including phenoxy) is 3. The summed E-state index contributed by atoms with van der Waals surface area (Å²) in [6, 6.07) is 13.2. The van der Waals surface area contributed by atoms with Gasteiger partial charge in [0.1, 0.15) is 16.5 Å². The van der Waals surface area contributed by atoms with Gasteiger partial charge in [0.2, 0.25) is 5.16 Å². The summed E-state index contributed by atoms with van der Waals surface area (Å²) in [5.41, 5.74) is 2.34. The number of pyridine rings is 1. The number of rotatable bonds is 8. The van der Waals surface area contributed by atoms with Crippen molar-refractivity contribution in [1.29, 1.82) is 0 Å². The van der Waals surface area contributed by atoms with Crippen molar-refractivity contribution in [2.24, 2.45) is 0 Å². The summed E-state index contributed by atoms with van der Waals surface area (Å²) in [6.45, 7) is -2.93. The van der Waals surface area contributed by atoms with Gasteiger partial charge < -0.3 is 20.6 Å². The second-order valence-corrected chi connectivity index (χ2v) is 8.01. The molecular formula is C22H20F2N3NaO4S. The predicted molar refractivity (Wildman–Crippen MR) is 115 cm³/mol. The Morgan fingerprint density at radius 2 is 1.91 bits per heavy atom. The number of alkyl halides is 2. The van der Waals surface area contributed by atoms with Gasteiger partial charge in [-0.2, -0.15) is 8.78 Å². The Bertz CT molecular complexity index is 1290. The Hall–Kier alpha value is -2.53. The summed E-state index contributed by atoms with van der Waals surface area (Å²) in [6.07, 6.45) is 1.98. The molecule has 4 rings (SSSR count). The molecule has 0 saturated heterocycles. The minimum Gasteiger partial charge on any atom is -1.00 e. The van der Waals surface area contributed by atoms with Crippen LogP contribution >= 0.6 is 0 Å². The molecule has 33 heavy (non-hydrogen) atoms. The zero-order valence-corrected chi connectivity index (χ0v) is 21.0. The van der Waals surface area contributed by atoms with Crippen LogP contribution in [0.4, 0.5) is 8.78 Å². The van der Waals surface area contributed by atoms with Crippen LogP contribution in [0.5, 0.6) is 17.2 Å². The minimum absolute atomic E-state index is 0. The van der Waals surface area contributed by atoms with Crippen molar-refractivity contribution in [1.82, 2.24) is 15.0 Å². The molecule has 0 aliphatic heterocycles. The number of hydrogen-bond donors (Lipinski definition) is 1. The van der Waals surface area contributed by atoms with Crippen molar-refractivity contribution >= 4 is 21.8 Å². The van der Waals surface area contributed by atoms with Gasteiger partial charge in [0, 0.05) is 24.8 Å². The molecule has 1 atom stereocenters. The van der Waals surface area contributed by atoms with Gasteiger partial charge in [-0.25, -0.2) is 9.19 Å². The van der Waals surface area contributed by atoms with E-state index in [0.29, 0.717) is 39.5 Å². The summed E-state index contributed by atoms with van der Waals surface area (Å²) in [5.74, 6) is 1.05. The van der Waals surface area contributed by atoms with Crippen molar-refractivity contribution in [2.75, 3.05) is 14.2 Å². The second kappa shape index (κ2) is 11.1. The van der Waals surface area contributed by atoms with E-state index < -0.39 is 17.4 Å². The molecule has 0 amide bonds. The molecule has 0 bridgehead atoms. The van der Waals surface area contributed by atoms with Gasteiger partial charge in [-0.05, 0) is 23.8 Å². The summed E-state index contributed by atoms with van der Waals surface area (Å²) < 4.78 is 53.5. The number of H-pyrrole nitrogens is 1. The Kier molecular flexibility index (Phi) is 8.41. The van der Waals surface area contributed by atoms with Crippen LogP contribution in [0.3, 0.4) is 0 Å². The van der Waals surface area contributed by atoms with E-state index in [1.165, 1.54) is 25.3 Å². The predicted octanol–water partition coefficient (Wildman–Crippen LogP) is 1.45. The zero-order chi connectivity index (χ0) is 22.7. The van der Waals surface area contributed by atoms with E-state index in [2.05, 4.69) is 19.7 Å². The first-order valence-electron chi connectivity index (χ1n) is 9.50. The molecule has 4 aromatic rings. The van der Waals surface area contributed by atoms with E-state index in [-0.39, 0.29) is 41.9 Å². The Labute approximate surface area is 214 Å². The monoisotopic (exact) mass is 483 g/mol. The van der Waals surface area contributed by atoms with Crippen LogP contribution in [-0.4, -0.2) is 40.0 Å². The molecule has 0 fully saturated rings. The molecular weight excluding hydrogens is 463 g/mol. The van der Waals surface area contributed by atoms with Crippen LogP contribution in [-0.2, 0) is 17.2 Å². The van der Waals surface area contributed by atoms with E-state index in [0.717, 1.165) is 5.56 Å². The first-order valence-corrected chi connectivity index (χ1v) is 10.6. The zero-order valence-electron chi connectivity index (χ0n) is 19.2. The number of halogens is 2. The Morgan fingerprint density at radius 1 is 1.12 bits per heavy atom. The van der Waals surface area contributed by atoms with Gasteiger partial charge in [-0.15, -0.1) is 0 Å². The van der Waals surface area contributed by atoms with Crippen molar-refractivity contribution in [3.63, 3.8) is 0 Å². The quantitative estimate of drug-likeness (QED) is 0.382. The van der Waals surface area contributed by atoms with E-state index in [1.807, 2.05) is 12.1 Å². The topological polar surface area (TPSA) is 86.3 Å². The van der Waals surface area contributed by atoms with Crippen molar-refractivity contribution in [2.45, 2.75) is 23.1 Å². The molecule has 2 aromatic carbocycles. The molecule has 0 saturated carbocycles. The maximum atomic E-state index is 13.4. The number of imidazole rings is 1. The van der Waals surface area contributed by atoms with Crippen molar-refractivity contribution in [3.8, 4) is 17.2 Å². The number of aromatic amines is 1. The normalized spacial score (nSPS) is 11.8. The van der Waals surface area contributed by atoms with Gasteiger partial charge in [-0.1, -0.05) is 18.2 Å². The summed E-state index contributed by atoms with van der Waals surface area (Å²) in [7, 11) is 1.43. The smallest absolute Gasteiger partial charge is 1.00 e. The van der Waals surface area contributed by atoms with Crippen LogP contribution in [0.2, 0.25) is 0 Å². The maximum Gasteiger partial charge on any atom is 1.00 e. The van der Waals surface area contributed by atoms with Gasteiger partial charge in [-0.3, -0.25) is 4.98 Å². The number of methoxy groups -OCH3 is 2. The second-order valence-electron chi connectivity index (χ2n) is 6.65. The fourth-order valence-electron chi connectivity index (χ4n) is 3.32. The molecule has 0 aliphatic carbocycles. The molecule has 0 aliphatic rings. The molecule has 168 valence electrons. The molecule has 2 heterocycles. The van der Waals surface area contributed by atoms with Gasteiger partial charge >= 0.3 is 36.2 Å². The van der Waals surface area contributed by atoms with Crippen LogP contribution < -0.4 is 43.8 Å². The molecule has 2 aromatic heterocycles. The fourth-order valence-corrected chi connectivity index (χ4v) is 4.49. The van der Waals surface area contributed by atoms with Gasteiger partial charge in [0.05, 0.1) is 35.8 Å². The van der Waals surface area contributed by atoms with Crippen LogP contribution in [0.15, 0.2) is 64.8 Å². The molecule has 0 spiro atoms. The molecule has 11 heteroatoms. The molecule has 0 radical (unpaired) electrons. The first kappa shape index (κ1) is 25.1. The SMILES string of the molecule is COc1ccnc(Cc2ccccc2S(=O)c2nc3ccc(OC(F)F)cc3[nH]2)c1OC.[H-].[Na+]. The third-order valence-electron chi connectivity index (χ3n) is 4.73. The largest absolute Gasteiger partial charge is 1.00 e. The average molecular weight is 483 g/mol. The number of nitrogens with zero attached hydrogens (tertiary/aromatic N) is 2. The van der Waals surface area contributed by atoms with E-state index in [1.54, 1.807) is 31.5 Å². The minimum atomic E-state index is -2.93. The summed E-state index contributed by atoms with van der Waals surface area (Å²) >= 11 is 0. The summed E-state index contributed by atoms with van der Waals surface area (Å²) in [4.78, 5) is 12.2. The van der Waals surface area contributed by atoms with Crippen LogP contribution in [0, 0.1) is 0 Å². The average Bonchev–Trinajstić information content (AvgIpc) is 3.22. The fraction of sp³-hybridized carbons (Fsp3) is 0.182. The standard InChI is InChI=1S/C22H19F2N3O4S.Na.H/c1-29-18-9-10-25-17(20(18)30-2)11-13-5-3-4-6-19(13)32(28)22-26-15-8-7-14(31-21(23)24)12-16(15)27-22;;/h3-10,12,21H,11H2,1-2H3,(H,26,27);;/q;+1;-1. The number of nitrogens with one attached hydrogen (secondary N) is 1. The van der Waals surface area contributed by atoms with E-state index >= 15 is 0 Å². The summed E-state index contributed by atoms with van der Waals surface area (Å²) in [5, 5.41) is 0.201. The Balaban J connectivity index is 0.00000204.